The van der Waals surface area contributed by atoms with Gasteiger partial charge in [-0.05, 0) is 60.5 Å². The lowest BCUT2D eigenvalue weighted by Gasteiger charge is -2.73. The fourth-order valence-corrected chi connectivity index (χ4v) is 196. The van der Waals surface area contributed by atoms with Crippen molar-refractivity contribution in [3.05, 3.63) is 0 Å². The van der Waals surface area contributed by atoms with Crippen molar-refractivity contribution in [3.8, 4) is 0 Å². The van der Waals surface area contributed by atoms with Gasteiger partial charge >= 0.3 is 0 Å². The van der Waals surface area contributed by atoms with Crippen LogP contribution < -0.4 is 0 Å². The van der Waals surface area contributed by atoms with Crippen LogP contribution in [0.3, 0.4) is 0 Å². The zero-order valence-electron chi connectivity index (χ0n) is 46.4. The van der Waals surface area contributed by atoms with Crippen LogP contribution in [0.15, 0.2) is 0 Å². The SMILES string of the molecule is CC(C)(C)[Si]([Si]([Si]O[Si][Si]([Si](C(C)(C)C)(C(C)(C)C)C(C)(C)C)[Si](C(C)(C)C)(C(C)(C)C)C(C)(C)C)[Si](C(C)(C)C)(C(C)(C)C)C(C)(C)C)(C(C)(C)C)C(C)(C)C. The highest BCUT2D eigenvalue weighted by atomic mass is 29.9. The van der Waals surface area contributed by atoms with Crippen LogP contribution in [0.5, 0.6) is 0 Å². The Morgan fingerprint density at radius 1 is 0.211 bits per heavy atom. The van der Waals surface area contributed by atoms with E-state index in [2.05, 4.69) is 249 Å². The van der Waals surface area contributed by atoms with Crippen molar-refractivity contribution >= 4 is 63.6 Å². The fraction of sp³-hybridized carbons (Fsp3) is 1.00. The van der Waals surface area contributed by atoms with E-state index < -0.39 is 45.1 Å². The standard InChI is InChI=1S/C48H108OSi8/c1-37(2,3)54(38(4,5)6,39(7,8)9)52(55(40(10,11)12,41(13,14)15)42(16,17)18)50-49-51-53(56(43(19,20)21,44(22,23)24)45(25,26)27)57(46(28,29)30,47(31,32)33)48(34,35)36/h1-36H3. The van der Waals surface area contributed by atoms with E-state index >= 15 is 0 Å². The molecule has 0 unspecified atom stereocenters. The molecule has 0 aliphatic carbocycles. The van der Waals surface area contributed by atoms with Crippen molar-refractivity contribution < 1.29 is 4.12 Å². The zero-order chi connectivity index (χ0) is 47.3. The molecule has 0 heterocycles. The van der Waals surface area contributed by atoms with Gasteiger partial charge in [-0.15, -0.1) is 0 Å². The van der Waals surface area contributed by atoms with E-state index in [0.717, 1.165) is 0 Å². The molecule has 0 amide bonds. The Hall–Kier alpha value is 1.70. The predicted octanol–water partition coefficient (Wildman–Crippen LogP) is 17.9. The van der Waals surface area contributed by atoms with Crippen LogP contribution >= 0.6 is 0 Å². The molecule has 0 spiro atoms. The zero-order valence-corrected chi connectivity index (χ0v) is 54.4. The van der Waals surface area contributed by atoms with Crippen molar-refractivity contribution in [2.75, 3.05) is 0 Å². The van der Waals surface area contributed by atoms with E-state index in [-0.39, 0.29) is 60.5 Å². The van der Waals surface area contributed by atoms with Gasteiger partial charge in [-0.1, -0.05) is 249 Å². The largest absolute Gasteiger partial charge is 0.462 e. The first-order valence-corrected chi connectivity index (χ1v) is 41.7. The summed E-state index contributed by atoms with van der Waals surface area (Å²) in [6.07, 6.45) is 0. The predicted molar refractivity (Wildman–Crippen MR) is 284 cm³/mol. The monoisotopic (exact) mass is 925 g/mol. The maximum absolute atomic E-state index is 8.41. The van der Waals surface area contributed by atoms with Crippen molar-refractivity contribution in [2.24, 2.45) is 0 Å². The molecule has 0 aromatic heterocycles. The van der Waals surface area contributed by atoms with Gasteiger partial charge in [-0.2, -0.15) is 0 Å². The first-order valence-electron chi connectivity index (χ1n) is 22.9. The smallest absolute Gasteiger partial charge is 0.187 e. The lowest BCUT2D eigenvalue weighted by Crippen LogP contribution is -2.86. The summed E-state index contributed by atoms with van der Waals surface area (Å²) in [5.41, 5.74) is 0. The van der Waals surface area contributed by atoms with Crippen molar-refractivity contribution in [3.63, 3.8) is 0 Å². The summed E-state index contributed by atoms with van der Waals surface area (Å²) >= 11 is 0. The minimum Gasteiger partial charge on any atom is -0.462 e. The van der Waals surface area contributed by atoms with Gasteiger partial charge in [0, 0.05) is 0 Å². The second kappa shape index (κ2) is 16.3. The lowest BCUT2D eigenvalue weighted by molar-refractivity contribution is 0.542. The van der Waals surface area contributed by atoms with Crippen LogP contribution in [0.1, 0.15) is 249 Å². The molecule has 0 fully saturated rings. The average Bonchev–Trinajstić information content (AvgIpc) is 2.73. The summed E-state index contributed by atoms with van der Waals surface area (Å²) in [5, 5.41) is 2.58. The van der Waals surface area contributed by atoms with Crippen molar-refractivity contribution in [2.45, 2.75) is 310 Å². The van der Waals surface area contributed by atoms with Crippen LogP contribution in [0, 0.1) is 0 Å². The van der Waals surface area contributed by atoms with Crippen LogP contribution in [0.4, 0.5) is 0 Å². The van der Waals surface area contributed by atoms with E-state index in [1.165, 1.54) is 0 Å². The summed E-state index contributed by atoms with van der Waals surface area (Å²) in [5.74, 6) is 0. The summed E-state index contributed by atoms with van der Waals surface area (Å²) in [4.78, 5) is 0. The Morgan fingerprint density at radius 2 is 0.298 bits per heavy atom. The molecule has 338 valence electrons. The van der Waals surface area contributed by atoms with Gasteiger partial charge in [0.25, 0.3) is 0 Å². The molecule has 57 heavy (non-hydrogen) atoms. The Balaban J connectivity index is 9.61. The van der Waals surface area contributed by atoms with Gasteiger partial charge in [0.15, 0.2) is 18.6 Å². The van der Waals surface area contributed by atoms with Crippen LogP contribution in [0.2, 0.25) is 60.5 Å². The summed E-state index contributed by atoms with van der Waals surface area (Å²) in [6.45, 7) is 97.1. The van der Waals surface area contributed by atoms with Crippen molar-refractivity contribution in [1.29, 1.82) is 0 Å². The lowest BCUT2D eigenvalue weighted by atomic mass is 10.2. The molecular weight excluding hydrogens is 817 g/mol. The Labute approximate surface area is 375 Å². The molecule has 6 radical (unpaired) electrons. The molecule has 0 rings (SSSR count). The van der Waals surface area contributed by atoms with E-state index in [0.29, 0.717) is 18.6 Å². The third kappa shape index (κ3) is 9.17. The molecule has 0 saturated heterocycles. The second-order valence-electron chi connectivity index (χ2n) is 31.1. The molecule has 0 aliphatic heterocycles. The summed E-state index contributed by atoms with van der Waals surface area (Å²) in [6, 6.07) is 0. The van der Waals surface area contributed by atoms with Crippen molar-refractivity contribution in [1.82, 2.24) is 0 Å². The van der Waals surface area contributed by atoms with Crippen LogP contribution in [0.25, 0.3) is 0 Å². The maximum Gasteiger partial charge on any atom is 0.187 e. The molecule has 0 aliphatic rings. The molecule has 0 atom stereocenters. The topological polar surface area (TPSA) is 9.23 Å². The second-order valence-corrected chi connectivity index (χ2v) is 86.0. The fourth-order valence-electron chi connectivity index (χ4n) is 19.0. The third-order valence-corrected chi connectivity index (χ3v) is 116. The van der Waals surface area contributed by atoms with Gasteiger partial charge in [0.2, 0.25) is 0 Å². The first kappa shape index (κ1) is 58.7. The Kier molecular flexibility index (Phi) is 16.8. The van der Waals surface area contributed by atoms with E-state index in [9.17, 15) is 0 Å². The minimum atomic E-state index is -2.29. The maximum atomic E-state index is 8.41. The molecule has 9 heteroatoms. The van der Waals surface area contributed by atoms with E-state index in [1.54, 1.807) is 0 Å². The van der Waals surface area contributed by atoms with Gasteiger partial charge in [0.1, 0.15) is 0 Å². The summed E-state index contributed by atoms with van der Waals surface area (Å²) < 4.78 is 8.41. The first-order chi connectivity index (χ1) is 24.0. The number of hydrogen-bond donors (Lipinski definition) is 0. The van der Waals surface area contributed by atoms with Crippen LogP contribution in [-0.2, 0) is 4.12 Å². The van der Waals surface area contributed by atoms with Gasteiger partial charge in [0.05, 0.1) is 45.1 Å². The summed E-state index contributed by atoms with van der Waals surface area (Å²) in [7, 11) is -10.2. The highest BCUT2D eigenvalue weighted by Crippen LogP contribution is 2.73. The number of hydrogen-bond acceptors (Lipinski definition) is 1. The third-order valence-electron chi connectivity index (χ3n) is 15.3. The molecule has 0 N–H and O–H groups in total. The van der Waals surface area contributed by atoms with Gasteiger partial charge < -0.3 is 4.12 Å². The normalized spacial score (nSPS) is 16.9. The molecule has 0 bridgehead atoms. The van der Waals surface area contributed by atoms with Gasteiger partial charge in [-0.25, -0.2) is 0 Å². The molecular formula is C48H108OSi8. The minimum absolute atomic E-state index is 0.215. The molecule has 0 aromatic carbocycles. The Bertz CT molecular complexity index is 980. The Morgan fingerprint density at radius 3 is 0.368 bits per heavy atom. The highest BCUT2D eigenvalue weighted by molar-refractivity contribution is 7.80. The molecule has 0 saturated carbocycles. The molecule has 1 nitrogen and oxygen atoms in total. The van der Waals surface area contributed by atoms with E-state index in [4.69, 9.17) is 4.12 Å². The number of rotatable bonds is 8. The van der Waals surface area contributed by atoms with Crippen LogP contribution in [-0.4, -0.2) is 63.6 Å². The molecule has 0 aromatic rings. The highest BCUT2D eigenvalue weighted by Gasteiger charge is 2.77. The average molecular weight is 926 g/mol. The van der Waals surface area contributed by atoms with Gasteiger partial charge in [-0.3, -0.25) is 0 Å². The van der Waals surface area contributed by atoms with E-state index in [1.807, 2.05) is 0 Å². The quantitative estimate of drug-likeness (QED) is 0.220.